The fourth-order valence-corrected chi connectivity index (χ4v) is 3.15. The number of aromatic nitrogens is 2. The quantitative estimate of drug-likeness (QED) is 0.535. The van der Waals surface area contributed by atoms with Gasteiger partial charge in [0.1, 0.15) is 5.58 Å². The first-order valence-electron chi connectivity index (χ1n) is 7.96. The fourth-order valence-electron chi connectivity index (χ4n) is 2.70. The summed E-state index contributed by atoms with van der Waals surface area (Å²) in [7, 11) is 0. The van der Waals surface area contributed by atoms with E-state index in [4.69, 9.17) is 8.94 Å². The first kappa shape index (κ1) is 16.5. The summed E-state index contributed by atoms with van der Waals surface area (Å²) >= 11 is 3.40. The molecule has 0 aliphatic heterocycles. The normalized spacial score (nSPS) is 11.0. The highest BCUT2D eigenvalue weighted by Gasteiger charge is 2.20. The molecule has 0 atom stereocenters. The van der Waals surface area contributed by atoms with Crippen molar-refractivity contribution in [1.82, 2.24) is 15.5 Å². The van der Waals surface area contributed by atoms with E-state index in [0.29, 0.717) is 12.3 Å². The van der Waals surface area contributed by atoms with Gasteiger partial charge in [-0.2, -0.15) is 4.98 Å². The molecule has 6 nitrogen and oxygen atoms in total. The Kier molecular flexibility index (Phi) is 4.30. The number of halogens is 1. The van der Waals surface area contributed by atoms with Crippen LogP contribution in [0.1, 0.15) is 21.8 Å². The second kappa shape index (κ2) is 6.76. The number of furan rings is 1. The predicted octanol–water partition coefficient (Wildman–Crippen LogP) is 4.48. The summed E-state index contributed by atoms with van der Waals surface area (Å²) in [4.78, 5) is 16.4. The SMILES string of the molecule is Cc1c(-c2noc(C(=O)NCc3cccc(Br)c3)n2)oc2ccccc12. The smallest absolute Gasteiger partial charge is 0.316 e. The van der Waals surface area contributed by atoms with E-state index in [9.17, 15) is 4.79 Å². The van der Waals surface area contributed by atoms with Crippen LogP contribution in [0, 0.1) is 6.92 Å². The Morgan fingerprint density at radius 3 is 2.85 bits per heavy atom. The van der Waals surface area contributed by atoms with E-state index in [-0.39, 0.29) is 11.7 Å². The van der Waals surface area contributed by atoms with Crippen LogP contribution in [0.5, 0.6) is 0 Å². The Labute approximate surface area is 157 Å². The Balaban J connectivity index is 1.53. The third-order valence-corrected chi connectivity index (χ3v) is 4.50. The summed E-state index contributed by atoms with van der Waals surface area (Å²) in [6.45, 7) is 2.28. The van der Waals surface area contributed by atoms with Gasteiger partial charge in [-0.25, -0.2) is 0 Å². The number of carbonyl (C=O) groups excluding carboxylic acids is 1. The average molecular weight is 412 g/mol. The molecule has 0 saturated heterocycles. The molecule has 26 heavy (non-hydrogen) atoms. The summed E-state index contributed by atoms with van der Waals surface area (Å²) in [5, 5.41) is 7.63. The standard InChI is InChI=1S/C19H14BrN3O3/c1-11-14-7-2-3-8-15(14)25-16(11)17-22-19(26-23-17)18(24)21-10-12-5-4-6-13(20)9-12/h2-9H,10H2,1H3,(H,21,24). The van der Waals surface area contributed by atoms with Gasteiger partial charge in [0.05, 0.1) is 0 Å². The van der Waals surface area contributed by atoms with E-state index in [1.54, 1.807) is 0 Å². The largest absolute Gasteiger partial charge is 0.452 e. The summed E-state index contributed by atoms with van der Waals surface area (Å²) in [5.41, 5.74) is 2.61. The molecule has 0 spiro atoms. The molecule has 1 N–H and O–H groups in total. The molecular formula is C19H14BrN3O3. The van der Waals surface area contributed by atoms with Gasteiger partial charge in [-0.05, 0) is 30.7 Å². The summed E-state index contributed by atoms with van der Waals surface area (Å²) in [5.74, 6) is 0.222. The number of hydrogen-bond donors (Lipinski definition) is 1. The predicted molar refractivity (Wildman–Crippen MR) is 99.6 cm³/mol. The number of para-hydroxylation sites is 1. The van der Waals surface area contributed by atoms with Crippen molar-refractivity contribution in [3.05, 3.63) is 70.0 Å². The minimum atomic E-state index is -0.433. The number of amides is 1. The maximum atomic E-state index is 12.3. The average Bonchev–Trinajstić information content (AvgIpc) is 3.25. The van der Waals surface area contributed by atoms with Crippen molar-refractivity contribution < 1.29 is 13.7 Å². The zero-order valence-electron chi connectivity index (χ0n) is 13.8. The van der Waals surface area contributed by atoms with Crippen LogP contribution in [-0.2, 0) is 6.54 Å². The molecule has 2 heterocycles. The van der Waals surface area contributed by atoms with Gasteiger partial charge in [0.2, 0.25) is 5.82 Å². The van der Waals surface area contributed by atoms with E-state index >= 15 is 0 Å². The number of nitrogens with one attached hydrogen (secondary N) is 1. The first-order chi connectivity index (χ1) is 12.6. The van der Waals surface area contributed by atoms with Crippen LogP contribution in [0.4, 0.5) is 0 Å². The summed E-state index contributed by atoms with van der Waals surface area (Å²) in [6.07, 6.45) is 0. The number of hydrogen-bond acceptors (Lipinski definition) is 5. The maximum Gasteiger partial charge on any atom is 0.316 e. The number of aryl methyl sites for hydroxylation is 1. The van der Waals surface area contributed by atoms with Gasteiger partial charge in [0.25, 0.3) is 0 Å². The Morgan fingerprint density at radius 1 is 1.19 bits per heavy atom. The fraction of sp³-hybridized carbons (Fsp3) is 0.105. The van der Waals surface area contributed by atoms with E-state index in [2.05, 4.69) is 31.4 Å². The lowest BCUT2D eigenvalue weighted by molar-refractivity contribution is 0.0907. The summed E-state index contributed by atoms with van der Waals surface area (Å²) in [6, 6.07) is 15.3. The Hall–Kier alpha value is -2.93. The molecule has 2 aromatic heterocycles. The molecule has 1 amide bonds. The Morgan fingerprint density at radius 2 is 2.04 bits per heavy atom. The molecule has 0 fully saturated rings. The second-order valence-corrected chi connectivity index (χ2v) is 6.70. The van der Waals surface area contributed by atoms with Gasteiger partial charge in [-0.1, -0.05) is 51.4 Å². The number of fused-ring (bicyclic) bond motifs is 1. The lowest BCUT2D eigenvalue weighted by Gasteiger charge is -2.02. The second-order valence-electron chi connectivity index (χ2n) is 5.79. The zero-order valence-corrected chi connectivity index (χ0v) is 15.4. The number of carbonyl (C=O) groups is 1. The maximum absolute atomic E-state index is 12.3. The highest BCUT2D eigenvalue weighted by Crippen LogP contribution is 2.31. The van der Waals surface area contributed by atoms with Gasteiger partial charge in [-0.15, -0.1) is 0 Å². The first-order valence-corrected chi connectivity index (χ1v) is 8.76. The van der Waals surface area contributed by atoms with Gasteiger partial charge < -0.3 is 14.3 Å². The van der Waals surface area contributed by atoms with Crippen molar-refractivity contribution in [1.29, 1.82) is 0 Å². The molecule has 0 radical (unpaired) electrons. The number of benzene rings is 2. The van der Waals surface area contributed by atoms with Gasteiger partial charge in [0, 0.05) is 22.0 Å². The minimum absolute atomic E-state index is 0.102. The number of nitrogens with zero attached hydrogens (tertiary/aromatic N) is 2. The van der Waals surface area contributed by atoms with Crippen molar-refractivity contribution in [3.63, 3.8) is 0 Å². The van der Waals surface area contributed by atoms with Crippen molar-refractivity contribution >= 4 is 32.8 Å². The molecule has 4 rings (SSSR count). The molecule has 4 aromatic rings. The third kappa shape index (κ3) is 3.13. The van der Waals surface area contributed by atoms with Crippen LogP contribution in [-0.4, -0.2) is 16.0 Å². The topological polar surface area (TPSA) is 81.2 Å². The number of rotatable bonds is 4. The van der Waals surface area contributed by atoms with Crippen LogP contribution in [0.25, 0.3) is 22.6 Å². The van der Waals surface area contributed by atoms with Crippen LogP contribution in [0.15, 0.2) is 61.9 Å². The summed E-state index contributed by atoms with van der Waals surface area (Å²) < 4.78 is 11.8. The van der Waals surface area contributed by atoms with Crippen LogP contribution >= 0.6 is 15.9 Å². The van der Waals surface area contributed by atoms with Crippen LogP contribution in [0.2, 0.25) is 0 Å². The highest BCUT2D eigenvalue weighted by molar-refractivity contribution is 9.10. The zero-order chi connectivity index (χ0) is 18.1. The van der Waals surface area contributed by atoms with Crippen molar-refractivity contribution in [2.24, 2.45) is 0 Å². The lowest BCUT2D eigenvalue weighted by atomic mass is 10.1. The molecule has 0 unspecified atom stereocenters. The molecule has 0 aliphatic carbocycles. The van der Waals surface area contributed by atoms with E-state index in [1.165, 1.54) is 0 Å². The molecule has 0 saturated carbocycles. The molecule has 7 heteroatoms. The van der Waals surface area contributed by atoms with E-state index < -0.39 is 5.91 Å². The molecular weight excluding hydrogens is 398 g/mol. The van der Waals surface area contributed by atoms with E-state index in [1.807, 2.05) is 55.5 Å². The molecule has 0 aliphatic rings. The van der Waals surface area contributed by atoms with Crippen molar-refractivity contribution in [2.75, 3.05) is 0 Å². The highest BCUT2D eigenvalue weighted by atomic mass is 79.9. The van der Waals surface area contributed by atoms with Gasteiger partial charge in [0.15, 0.2) is 5.76 Å². The minimum Gasteiger partial charge on any atom is -0.452 e. The van der Waals surface area contributed by atoms with E-state index in [0.717, 1.165) is 26.6 Å². The van der Waals surface area contributed by atoms with Crippen molar-refractivity contribution in [2.45, 2.75) is 13.5 Å². The lowest BCUT2D eigenvalue weighted by Crippen LogP contribution is -2.23. The Bertz CT molecular complexity index is 1100. The van der Waals surface area contributed by atoms with Crippen LogP contribution < -0.4 is 5.32 Å². The molecule has 2 aromatic carbocycles. The molecule has 130 valence electrons. The monoisotopic (exact) mass is 411 g/mol. The molecule has 0 bridgehead atoms. The van der Waals surface area contributed by atoms with Gasteiger partial charge in [-0.3, -0.25) is 4.79 Å². The third-order valence-electron chi connectivity index (χ3n) is 4.01. The van der Waals surface area contributed by atoms with Crippen molar-refractivity contribution in [3.8, 4) is 11.6 Å². The van der Waals surface area contributed by atoms with Crippen LogP contribution in [0.3, 0.4) is 0 Å². The van der Waals surface area contributed by atoms with Gasteiger partial charge >= 0.3 is 11.8 Å².